The van der Waals surface area contributed by atoms with E-state index in [4.69, 9.17) is 9.47 Å². The molecule has 1 aromatic rings. The summed E-state index contributed by atoms with van der Waals surface area (Å²) in [5, 5.41) is 1.04. The first-order valence-corrected chi connectivity index (χ1v) is 6.75. The summed E-state index contributed by atoms with van der Waals surface area (Å²) in [6, 6.07) is 0. The number of esters is 1. The summed E-state index contributed by atoms with van der Waals surface area (Å²) in [6.45, 7) is 4.42. The van der Waals surface area contributed by atoms with E-state index < -0.39 is 0 Å². The first kappa shape index (κ1) is 12.5. The third-order valence-electron chi connectivity index (χ3n) is 2.70. The molecule has 1 aliphatic carbocycles. The number of ether oxygens (including phenoxy) is 2. The Kier molecular flexibility index (Phi) is 4.12. The summed E-state index contributed by atoms with van der Waals surface area (Å²) in [5.74, 6) is -0.282. The van der Waals surface area contributed by atoms with Crippen molar-refractivity contribution in [2.45, 2.75) is 39.2 Å². The van der Waals surface area contributed by atoms with Crippen molar-refractivity contribution in [1.29, 1.82) is 0 Å². The highest BCUT2D eigenvalue weighted by Crippen LogP contribution is 2.36. The molecule has 1 aromatic heterocycles. The van der Waals surface area contributed by atoms with E-state index in [0.717, 1.165) is 34.8 Å². The van der Waals surface area contributed by atoms with Crippen molar-refractivity contribution < 1.29 is 14.3 Å². The van der Waals surface area contributed by atoms with Crippen LogP contribution in [0, 0.1) is 6.92 Å². The number of carbonyl (C=O) groups is 1. The highest BCUT2D eigenvalue weighted by atomic mass is 32.1. The number of aryl methyl sites for hydroxylation is 2. The van der Waals surface area contributed by atoms with Gasteiger partial charge in [0.2, 0.25) is 0 Å². The fourth-order valence-corrected chi connectivity index (χ4v) is 3.03. The van der Waals surface area contributed by atoms with E-state index in [1.807, 2.05) is 13.8 Å². The molecule has 0 aliphatic heterocycles. The number of hydrogen-bond acceptors (Lipinski definition) is 5. The predicted molar refractivity (Wildman–Crippen MR) is 65.1 cm³/mol. The van der Waals surface area contributed by atoms with Gasteiger partial charge in [0.05, 0.1) is 15.6 Å². The maximum absolute atomic E-state index is 11.5. The van der Waals surface area contributed by atoms with Crippen molar-refractivity contribution in [2.75, 3.05) is 13.2 Å². The Morgan fingerprint density at radius 2 is 2.41 bits per heavy atom. The Morgan fingerprint density at radius 1 is 1.59 bits per heavy atom. The average molecular weight is 255 g/mol. The van der Waals surface area contributed by atoms with E-state index in [9.17, 15) is 4.79 Å². The fourth-order valence-electron chi connectivity index (χ4n) is 1.99. The number of nitrogens with zero attached hydrogens (tertiary/aromatic N) is 1. The average Bonchev–Trinajstić information content (AvgIpc) is 2.68. The molecule has 0 spiro atoms. The van der Waals surface area contributed by atoms with Gasteiger partial charge in [-0.05, 0) is 33.1 Å². The second kappa shape index (κ2) is 5.60. The fraction of sp³-hybridized carbons (Fsp3) is 0.667. The third kappa shape index (κ3) is 3.04. The Morgan fingerprint density at radius 3 is 3.18 bits per heavy atom. The first-order valence-electron chi connectivity index (χ1n) is 5.94. The Bertz CT molecular complexity index is 402. The smallest absolute Gasteiger partial charge is 0.332 e. The number of thiazole rings is 1. The van der Waals surface area contributed by atoms with E-state index in [2.05, 4.69) is 4.98 Å². The van der Waals surface area contributed by atoms with Gasteiger partial charge in [-0.15, -0.1) is 11.3 Å². The maximum Gasteiger partial charge on any atom is 0.332 e. The number of fused-ring (bicyclic) bond motifs is 1. The minimum Gasteiger partial charge on any atom is -0.455 e. The lowest BCUT2D eigenvalue weighted by molar-refractivity contribution is -0.155. The van der Waals surface area contributed by atoms with Crippen molar-refractivity contribution in [3.05, 3.63) is 15.6 Å². The van der Waals surface area contributed by atoms with Gasteiger partial charge in [-0.25, -0.2) is 9.78 Å². The lowest BCUT2D eigenvalue weighted by Gasteiger charge is -2.21. The molecule has 0 amide bonds. The Balaban J connectivity index is 2.00. The number of hydrogen-bond donors (Lipinski definition) is 0. The number of rotatable bonds is 4. The summed E-state index contributed by atoms with van der Waals surface area (Å²) in [6.07, 6.45) is 2.81. The molecular weight excluding hydrogens is 238 g/mol. The van der Waals surface area contributed by atoms with Crippen LogP contribution in [0.2, 0.25) is 0 Å². The van der Waals surface area contributed by atoms with Crippen LogP contribution in [-0.2, 0) is 20.7 Å². The molecule has 4 nitrogen and oxygen atoms in total. The van der Waals surface area contributed by atoms with E-state index in [1.54, 1.807) is 11.3 Å². The van der Waals surface area contributed by atoms with E-state index in [0.29, 0.717) is 6.61 Å². The van der Waals surface area contributed by atoms with Crippen molar-refractivity contribution in [3.8, 4) is 0 Å². The van der Waals surface area contributed by atoms with Crippen LogP contribution < -0.4 is 0 Å². The van der Waals surface area contributed by atoms with Gasteiger partial charge in [0, 0.05) is 6.61 Å². The van der Waals surface area contributed by atoms with Crippen LogP contribution in [0.1, 0.15) is 41.4 Å². The zero-order valence-electron chi connectivity index (χ0n) is 10.2. The SMILES string of the molecule is CCOCC(=O)O[C@H]1CCCc2nc(C)sc21. The molecule has 0 N–H and O–H groups in total. The molecule has 1 heterocycles. The summed E-state index contributed by atoms with van der Waals surface area (Å²) in [7, 11) is 0. The van der Waals surface area contributed by atoms with Crippen LogP contribution in [-0.4, -0.2) is 24.2 Å². The van der Waals surface area contributed by atoms with Crippen molar-refractivity contribution in [3.63, 3.8) is 0 Å². The maximum atomic E-state index is 11.5. The molecule has 0 saturated carbocycles. The normalized spacial score (nSPS) is 18.8. The van der Waals surface area contributed by atoms with Gasteiger partial charge in [-0.3, -0.25) is 0 Å². The van der Waals surface area contributed by atoms with E-state index in [-0.39, 0.29) is 18.7 Å². The summed E-state index contributed by atoms with van der Waals surface area (Å²) < 4.78 is 10.5. The number of aromatic nitrogens is 1. The molecule has 0 fully saturated rings. The van der Waals surface area contributed by atoms with E-state index >= 15 is 0 Å². The molecule has 0 radical (unpaired) electrons. The summed E-state index contributed by atoms with van der Waals surface area (Å²) in [5.41, 5.74) is 1.10. The lowest BCUT2D eigenvalue weighted by Crippen LogP contribution is -2.19. The minimum atomic E-state index is -0.282. The van der Waals surface area contributed by atoms with Gasteiger partial charge in [0.15, 0.2) is 0 Å². The molecule has 0 aromatic carbocycles. The Labute approximate surface area is 105 Å². The van der Waals surface area contributed by atoms with Crippen LogP contribution in [0.4, 0.5) is 0 Å². The third-order valence-corrected chi connectivity index (χ3v) is 3.81. The van der Waals surface area contributed by atoms with Gasteiger partial charge in [0.1, 0.15) is 12.7 Å². The second-order valence-electron chi connectivity index (χ2n) is 4.05. The standard InChI is InChI=1S/C12H17NO3S/c1-3-15-7-11(14)16-10-6-4-5-9-12(10)17-8(2)13-9/h10H,3-7H2,1-2H3/t10-/m0/s1. The summed E-state index contributed by atoms with van der Waals surface area (Å²) >= 11 is 1.63. The van der Waals surface area contributed by atoms with Gasteiger partial charge < -0.3 is 9.47 Å². The van der Waals surface area contributed by atoms with Gasteiger partial charge in [-0.2, -0.15) is 0 Å². The highest BCUT2D eigenvalue weighted by molar-refractivity contribution is 7.11. The summed E-state index contributed by atoms with van der Waals surface area (Å²) in [4.78, 5) is 17.1. The highest BCUT2D eigenvalue weighted by Gasteiger charge is 2.26. The first-order chi connectivity index (χ1) is 8.20. The zero-order valence-corrected chi connectivity index (χ0v) is 11.0. The molecule has 0 saturated heterocycles. The molecule has 17 heavy (non-hydrogen) atoms. The van der Waals surface area contributed by atoms with Crippen LogP contribution in [0.3, 0.4) is 0 Å². The second-order valence-corrected chi connectivity index (χ2v) is 5.29. The van der Waals surface area contributed by atoms with Gasteiger partial charge >= 0.3 is 5.97 Å². The van der Waals surface area contributed by atoms with E-state index in [1.165, 1.54) is 0 Å². The molecule has 0 unspecified atom stereocenters. The molecular formula is C12H17NO3S. The monoisotopic (exact) mass is 255 g/mol. The van der Waals surface area contributed by atoms with Crippen LogP contribution in [0.25, 0.3) is 0 Å². The molecule has 1 aliphatic rings. The molecule has 0 bridgehead atoms. The molecule has 5 heteroatoms. The topological polar surface area (TPSA) is 48.4 Å². The minimum absolute atomic E-state index is 0.0418. The van der Waals surface area contributed by atoms with Crippen LogP contribution >= 0.6 is 11.3 Å². The lowest BCUT2D eigenvalue weighted by atomic mass is 10.0. The molecule has 94 valence electrons. The molecule has 2 rings (SSSR count). The van der Waals surface area contributed by atoms with Gasteiger partial charge in [-0.1, -0.05) is 0 Å². The largest absolute Gasteiger partial charge is 0.455 e. The van der Waals surface area contributed by atoms with Gasteiger partial charge in [0.25, 0.3) is 0 Å². The quantitative estimate of drug-likeness (QED) is 0.775. The zero-order chi connectivity index (χ0) is 12.3. The number of carbonyl (C=O) groups excluding carboxylic acids is 1. The van der Waals surface area contributed by atoms with Crippen molar-refractivity contribution in [2.24, 2.45) is 0 Å². The van der Waals surface area contributed by atoms with Crippen LogP contribution in [0.5, 0.6) is 0 Å². The Hall–Kier alpha value is -0.940. The molecule has 1 atom stereocenters. The predicted octanol–water partition coefficient (Wildman–Crippen LogP) is 2.41. The van der Waals surface area contributed by atoms with Crippen molar-refractivity contribution in [1.82, 2.24) is 4.98 Å². The van der Waals surface area contributed by atoms with Crippen molar-refractivity contribution >= 4 is 17.3 Å². The van der Waals surface area contributed by atoms with Crippen LogP contribution in [0.15, 0.2) is 0 Å².